The summed E-state index contributed by atoms with van der Waals surface area (Å²) in [5.74, 6) is 0.363. The van der Waals surface area contributed by atoms with Gasteiger partial charge in [0, 0.05) is 34.4 Å². The van der Waals surface area contributed by atoms with Gasteiger partial charge in [0.15, 0.2) is 6.17 Å². The first-order chi connectivity index (χ1) is 15.0. The average molecular weight is 450 g/mol. The summed E-state index contributed by atoms with van der Waals surface area (Å²) >= 11 is 5.91. The number of amides is 1. The van der Waals surface area contributed by atoms with E-state index < -0.39 is 5.41 Å². The Bertz CT molecular complexity index is 1140. The Hall–Kier alpha value is -3.12. The van der Waals surface area contributed by atoms with Crippen molar-refractivity contribution in [3.63, 3.8) is 0 Å². The molecule has 0 aliphatic carbocycles. The lowest BCUT2D eigenvalue weighted by Crippen LogP contribution is -2.46. The topological polar surface area (TPSA) is 83.1 Å². The highest BCUT2D eigenvalue weighted by molar-refractivity contribution is 6.30. The molecule has 0 bridgehead atoms. The van der Waals surface area contributed by atoms with Gasteiger partial charge in [0.25, 0.3) is 5.91 Å². The minimum absolute atomic E-state index is 0.114. The van der Waals surface area contributed by atoms with Crippen LogP contribution in [0.5, 0.6) is 0 Å². The Morgan fingerprint density at radius 1 is 1.12 bits per heavy atom. The van der Waals surface area contributed by atoms with Crippen molar-refractivity contribution >= 4 is 40.3 Å². The van der Waals surface area contributed by atoms with Crippen LogP contribution >= 0.6 is 11.6 Å². The summed E-state index contributed by atoms with van der Waals surface area (Å²) in [6.07, 6.45) is 1.94. The molecule has 0 spiro atoms. The van der Waals surface area contributed by atoms with E-state index in [0.29, 0.717) is 22.1 Å². The first-order valence-electron chi connectivity index (χ1n) is 10.6. The largest absolute Gasteiger partial charge is 0.385 e. The Morgan fingerprint density at radius 2 is 1.75 bits per heavy atom. The summed E-state index contributed by atoms with van der Waals surface area (Å²) in [6.45, 7) is 8.54. The third-order valence-corrected chi connectivity index (χ3v) is 6.35. The van der Waals surface area contributed by atoms with Gasteiger partial charge in [-0.05, 0) is 60.5 Å². The second kappa shape index (κ2) is 7.78. The number of aliphatic imine (C=N–C) groups is 1. The van der Waals surface area contributed by atoms with Crippen LogP contribution in [0.2, 0.25) is 5.02 Å². The normalized spacial score (nSPS) is 22.6. The molecule has 2 aromatic carbocycles. The fourth-order valence-electron chi connectivity index (χ4n) is 4.11. The van der Waals surface area contributed by atoms with E-state index >= 15 is 0 Å². The maximum Gasteiger partial charge on any atom is 0.255 e. The molecule has 166 valence electrons. The molecule has 2 aliphatic rings. The SMILES string of the molecule is CN1N=C(N)C2(C)C(c3ccc(NC(=O)c4ccc(Cl)cc4)cc3)=CC(C(C)(C)C)=NC12. The number of amidine groups is 1. The lowest BCUT2D eigenvalue weighted by molar-refractivity contribution is 0.102. The van der Waals surface area contributed by atoms with Gasteiger partial charge in [0.2, 0.25) is 0 Å². The molecular formula is C25H28ClN5O. The van der Waals surface area contributed by atoms with Crippen LogP contribution in [0.3, 0.4) is 0 Å². The lowest BCUT2D eigenvalue weighted by atomic mass is 9.71. The van der Waals surface area contributed by atoms with Crippen LogP contribution in [0.4, 0.5) is 5.69 Å². The number of nitrogens with zero attached hydrogens (tertiary/aromatic N) is 3. The molecule has 2 heterocycles. The van der Waals surface area contributed by atoms with Crippen molar-refractivity contribution < 1.29 is 4.79 Å². The van der Waals surface area contributed by atoms with Crippen molar-refractivity contribution in [3.05, 3.63) is 70.8 Å². The number of carbonyl (C=O) groups excluding carboxylic acids is 1. The number of anilines is 1. The number of allylic oxidation sites excluding steroid dienone is 1. The Balaban J connectivity index is 1.65. The van der Waals surface area contributed by atoms with Gasteiger partial charge in [0.1, 0.15) is 5.84 Å². The maximum absolute atomic E-state index is 12.5. The summed E-state index contributed by atoms with van der Waals surface area (Å²) in [4.78, 5) is 17.5. The van der Waals surface area contributed by atoms with Gasteiger partial charge in [-0.1, -0.05) is 44.5 Å². The number of hydrazone groups is 1. The second-order valence-electron chi connectivity index (χ2n) is 9.50. The number of halogens is 1. The Kier molecular flexibility index (Phi) is 5.37. The number of nitrogens with two attached hydrogens (primary N) is 1. The zero-order valence-electron chi connectivity index (χ0n) is 19.0. The number of hydrogen-bond donors (Lipinski definition) is 2. The molecule has 0 aromatic heterocycles. The van der Waals surface area contributed by atoms with E-state index in [1.807, 2.05) is 36.3 Å². The fourth-order valence-corrected chi connectivity index (χ4v) is 4.24. The van der Waals surface area contributed by atoms with Crippen LogP contribution < -0.4 is 11.1 Å². The molecule has 1 amide bonds. The van der Waals surface area contributed by atoms with Crippen molar-refractivity contribution in [2.45, 2.75) is 33.9 Å². The van der Waals surface area contributed by atoms with Crippen LogP contribution in [0.25, 0.3) is 5.57 Å². The van der Waals surface area contributed by atoms with E-state index in [4.69, 9.17) is 22.3 Å². The molecule has 2 atom stereocenters. The van der Waals surface area contributed by atoms with Gasteiger partial charge in [-0.15, -0.1) is 0 Å². The van der Waals surface area contributed by atoms with E-state index in [1.54, 1.807) is 24.3 Å². The lowest BCUT2D eigenvalue weighted by Gasteiger charge is -2.39. The number of nitrogens with one attached hydrogen (secondary N) is 1. The third kappa shape index (κ3) is 3.79. The van der Waals surface area contributed by atoms with Gasteiger partial charge < -0.3 is 11.1 Å². The first kappa shape index (κ1) is 22.1. The highest BCUT2D eigenvalue weighted by atomic mass is 35.5. The smallest absolute Gasteiger partial charge is 0.255 e. The van der Waals surface area contributed by atoms with Crippen LogP contribution in [0, 0.1) is 10.8 Å². The maximum atomic E-state index is 12.5. The van der Waals surface area contributed by atoms with E-state index in [1.165, 1.54) is 0 Å². The molecule has 4 rings (SSSR count). The monoisotopic (exact) mass is 449 g/mol. The van der Waals surface area contributed by atoms with Gasteiger partial charge in [0.05, 0.1) is 5.41 Å². The standard InChI is InChI=1S/C25H28ClN5O/c1-24(2,3)20-14-19(25(4)22(27)30-31(5)23(25)29-20)15-8-12-18(13-9-15)28-21(32)16-6-10-17(26)11-7-16/h6-14,23H,1-5H3,(H2,27,30)(H,28,32). The number of fused-ring (bicyclic) bond motifs is 1. The van der Waals surface area contributed by atoms with E-state index in [-0.39, 0.29) is 17.5 Å². The van der Waals surface area contributed by atoms with Crippen molar-refractivity contribution in [1.29, 1.82) is 0 Å². The van der Waals surface area contributed by atoms with Gasteiger partial charge in [-0.2, -0.15) is 5.10 Å². The molecule has 2 aliphatic heterocycles. The molecule has 3 N–H and O–H groups in total. The van der Waals surface area contributed by atoms with Gasteiger partial charge in [-0.3, -0.25) is 14.8 Å². The summed E-state index contributed by atoms with van der Waals surface area (Å²) in [5, 5.41) is 9.87. The molecule has 0 radical (unpaired) electrons. The second-order valence-corrected chi connectivity index (χ2v) is 9.93. The van der Waals surface area contributed by atoms with Crippen molar-refractivity contribution in [3.8, 4) is 0 Å². The molecule has 7 heteroatoms. The predicted molar refractivity (Wildman–Crippen MR) is 132 cm³/mol. The van der Waals surface area contributed by atoms with Crippen LogP contribution in [0.15, 0.2) is 64.7 Å². The Morgan fingerprint density at radius 3 is 2.34 bits per heavy atom. The van der Waals surface area contributed by atoms with Crippen molar-refractivity contribution in [2.24, 2.45) is 26.7 Å². The molecule has 0 saturated carbocycles. The highest BCUT2D eigenvalue weighted by Crippen LogP contribution is 2.47. The summed E-state index contributed by atoms with van der Waals surface area (Å²) in [7, 11) is 1.91. The van der Waals surface area contributed by atoms with Crippen LogP contribution in [0.1, 0.15) is 43.6 Å². The minimum Gasteiger partial charge on any atom is -0.385 e. The molecular weight excluding hydrogens is 422 g/mol. The van der Waals surface area contributed by atoms with Crippen LogP contribution in [-0.2, 0) is 0 Å². The van der Waals surface area contributed by atoms with E-state index in [2.05, 4.69) is 44.2 Å². The number of hydrogen-bond acceptors (Lipinski definition) is 5. The molecule has 0 fully saturated rings. The summed E-state index contributed by atoms with van der Waals surface area (Å²) in [5.41, 5.74) is 10.1. The number of dihydropyridines is 1. The number of rotatable bonds is 3. The minimum atomic E-state index is -0.530. The predicted octanol–water partition coefficient (Wildman–Crippen LogP) is 5.03. The Labute approximate surface area is 193 Å². The number of benzene rings is 2. The molecule has 0 saturated heterocycles. The summed E-state index contributed by atoms with van der Waals surface area (Å²) in [6, 6.07) is 14.6. The third-order valence-electron chi connectivity index (χ3n) is 6.10. The van der Waals surface area contributed by atoms with E-state index in [0.717, 1.165) is 16.8 Å². The van der Waals surface area contributed by atoms with Crippen LogP contribution in [-0.4, -0.2) is 35.7 Å². The number of carbonyl (C=O) groups is 1. The van der Waals surface area contributed by atoms with Gasteiger partial charge in [-0.25, -0.2) is 0 Å². The van der Waals surface area contributed by atoms with Crippen molar-refractivity contribution in [2.75, 3.05) is 12.4 Å². The van der Waals surface area contributed by atoms with E-state index in [9.17, 15) is 4.79 Å². The molecule has 2 aromatic rings. The van der Waals surface area contributed by atoms with Gasteiger partial charge >= 0.3 is 0 Å². The zero-order chi connectivity index (χ0) is 23.3. The molecule has 6 nitrogen and oxygen atoms in total. The quantitative estimate of drug-likeness (QED) is 0.689. The highest BCUT2D eigenvalue weighted by Gasteiger charge is 2.51. The summed E-state index contributed by atoms with van der Waals surface area (Å²) < 4.78 is 0. The fraction of sp³-hybridized carbons (Fsp3) is 0.320. The first-order valence-corrected chi connectivity index (χ1v) is 10.9. The molecule has 2 unspecified atom stereocenters. The zero-order valence-corrected chi connectivity index (χ0v) is 19.7. The van der Waals surface area contributed by atoms with Crippen molar-refractivity contribution in [1.82, 2.24) is 5.01 Å². The average Bonchev–Trinajstić information content (AvgIpc) is 2.96. The molecule has 32 heavy (non-hydrogen) atoms.